The number of rotatable bonds is 4. The van der Waals surface area contributed by atoms with Gasteiger partial charge in [-0.15, -0.1) is 0 Å². The van der Waals surface area contributed by atoms with E-state index in [1.165, 1.54) is 4.90 Å². The van der Waals surface area contributed by atoms with E-state index in [1.807, 2.05) is 24.4 Å². The van der Waals surface area contributed by atoms with Crippen LogP contribution in [0.5, 0.6) is 0 Å². The Morgan fingerprint density at radius 3 is 2.83 bits per heavy atom. The molecule has 0 bridgehead atoms. The number of nitrogens with zero attached hydrogens (tertiary/aromatic N) is 3. The van der Waals surface area contributed by atoms with Crippen molar-refractivity contribution in [3.63, 3.8) is 0 Å². The highest BCUT2D eigenvalue weighted by Gasteiger charge is 2.35. The third-order valence-electron chi connectivity index (χ3n) is 5.09. The number of aromatic nitrogens is 1. The number of hydrogen-bond acceptors (Lipinski definition) is 4. The zero-order valence-electron chi connectivity index (χ0n) is 13.7. The van der Waals surface area contributed by atoms with Crippen LogP contribution >= 0.6 is 0 Å². The molecular formula is C18H23FN4O. The maximum absolute atomic E-state index is 13.4. The second kappa shape index (κ2) is 7.71. The van der Waals surface area contributed by atoms with Crippen LogP contribution in [0.1, 0.15) is 43.7 Å². The number of likely N-dealkylation sites (tertiary alicyclic amines) is 1. The molecule has 2 unspecified atom stereocenters. The molecule has 24 heavy (non-hydrogen) atoms. The number of nitrogens with one attached hydrogen (secondary N) is 1. The van der Waals surface area contributed by atoms with Gasteiger partial charge in [0.25, 0.3) is 0 Å². The average Bonchev–Trinajstić information content (AvgIpc) is 3.02. The highest BCUT2D eigenvalue weighted by molar-refractivity contribution is 5.79. The Hall–Kier alpha value is -2.00. The highest BCUT2D eigenvalue weighted by atomic mass is 19.1. The van der Waals surface area contributed by atoms with E-state index in [1.54, 1.807) is 0 Å². The number of carbonyl (C=O) groups excluding carboxylic acids is 1. The number of pyridine rings is 1. The zero-order valence-corrected chi connectivity index (χ0v) is 13.7. The van der Waals surface area contributed by atoms with Gasteiger partial charge in [0.15, 0.2) is 0 Å². The molecule has 1 aliphatic carbocycles. The van der Waals surface area contributed by atoms with Crippen molar-refractivity contribution in [3.05, 3.63) is 30.1 Å². The Morgan fingerprint density at radius 2 is 2.17 bits per heavy atom. The third-order valence-corrected chi connectivity index (χ3v) is 5.09. The molecular weight excluding hydrogens is 307 g/mol. The van der Waals surface area contributed by atoms with E-state index >= 15 is 0 Å². The van der Waals surface area contributed by atoms with Crippen LogP contribution in [0.25, 0.3) is 0 Å². The van der Waals surface area contributed by atoms with E-state index in [0.29, 0.717) is 12.0 Å². The van der Waals surface area contributed by atoms with Crippen LogP contribution < -0.4 is 5.32 Å². The predicted molar refractivity (Wildman–Crippen MR) is 87.9 cm³/mol. The number of alkyl halides is 1. The van der Waals surface area contributed by atoms with Gasteiger partial charge in [0.2, 0.25) is 5.91 Å². The molecule has 0 radical (unpaired) electrons. The van der Waals surface area contributed by atoms with E-state index in [2.05, 4.69) is 16.4 Å². The summed E-state index contributed by atoms with van der Waals surface area (Å²) >= 11 is 0. The number of nitriles is 1. The first-order valence-electron chi connectivity index (χ1n) is 8.65. The Morgan fingerprint density at radius 1 is 1.38 bits per heavy atom. The first-order valence-corrected chi connectivity index (χ1v) is 8.65. The molecule has 2 heterocycles. The molecule has 6 heteroatoms. The third kappa shape index (κ3) is 3.90. The molecule has 5 nitrogen and oxygen atoms in total. The van der Waals surface area contributed by atoms with Gasteiger partial charge in [-0.05, 0) is 37.8 Å². The second-order valence-corrected chi connectivity index (χ2v) is 6.71. The van der Waals surface area contributed by atoms with E-state index in [9.17, 15) is 9.18 Å². The molecule has 1 saturated carbocycles. The molecule has 1 aromatic heterocycles. The standard InChI is InChI=1S/C18H23FN4O/c19-14-9-16(10-20)23(12-14)18(24)11-22-15-6-4-13(5-7-15)17-3-1-2-8-21-17/h1-3,8,13-16,22H,4-7,9,11-12H2. The SMILES string of the molecule is N#CC1CC(F)CN1C(=O)CNC1CCC(c2ccccn2)CC1. The summed E-state index contributed by atoms with van der Waals surface area (Å²) in [7, 11) is 0. The minimum atomic E-state index is -1.08. The van der Waals surface area contributed by atoms with Gasteiger partial charge in [0.05, 0.1) is 19.2 Å². The lowest BCUT2D eigenvalue weighted by Gasteiger charge is -2.29. The van der Waals surface area contributed by atoms with Crippen LogP contribution in [0.3, 0.4) is 0 Å². The Bertz CT molecular complexity index is 595. The van der Waals surface area contributed by atoms with E-state index in [0.717, 1.165) is 31.4 Å². The Kier molecular flexibility index (Phi) is 5.41. The van der Waals surface area contributed by atoms with E-state index in [-0.39, 0.29) is 25.4 Å². The molecule has 2 fully saturated rings. The van der Waals surface area contributed by atoms with E-state index < -0.39 is 12.2 Å². The number of amides is 1. The molecule has 2 aliphatic rings. The van der Waals surface area contributed by atoms with Gasteiger partial charge in [-0.3, -0.25) is 9.78 Å². The van der Waals surface area contributed by atoms with Crippen molar-refractivity contribution in [2.45, 2.75) is 56.3 Å². The van der Waals surface area contributed by atoms with Crippen molar-refractivity contribution in [3.8, 4) is 6.07 Å². The van der Waals surface area contributed by atoms with Crippen molar-refractivity contribution in [1.29, 1.82) is 5.26 Å². The average molecular weight is 330 g/mol. The molecule has 1 saturated heterocycles. The van der Waals surface area contributed by atoms with Gasteiger partial charge >= 0.3 is 0 Å². The lowest BCUT2D eigenvalue weighted by molar-refractivity contribution is -0.130. The first-order chi connectivity index (χ1) is 11.7. The second-order valence-electron chi connectivity index (χ2n) is 6.71. The lowest BCUT2D eigenvalue weighted by atomic mass is 9.84. The minimum absolute atomic E-state index is 0.0468. The number of carbonyl (C=O) groups is 1. The molecule has 1 N–H and O–H groups in total. The van der Waals surface area contributed by atoms with Gasteiger partial charge in [-0.25, -0.2) is 4.39 Å². The van der Waals surface area contributed by atoms with Gasteiger partial charge in [0.1, 0.15) is 12.2 Å². The fourth-order valence-corrected chi connectivity index (χ4v) is 3.73. The number of halogens is 1. The van der Waals surface area contributed by atoms with Gasteiger partial charge in [-0.1, -0.05) is 6.07 Å². The predicted octanol–water partition coefficient (Wildman–Crippen LogP) is 2.16. The van der Waals surface area contributed by atoms with Crippen molar-refractivity contribution in [1.82, 2.24) is 15.2 Å². The zero-order chi connectivity index (χ0) is 16.9. The van der Waals surface area contributed by atoms with Crippen LogP contribution in [-0.4, -0.2) is 47.1 Å². The van der Waals surface area contributed by atoms with E-state index in [4.69, 9.17) is 5.26 Å². The maximum Gasteiger partial charge on any atom is 0.237 e. The first kappa shape index (κ1) is 16.8. The summed E-state index contributed by atoms with van der Waals surface area (Å²) in [4.78, 5) is 18.0. The molecule has 0 spiro atoms. The fourth-order valence-electron chi connectivity index (χ4n) is 3.73. The molecule has 1 aromatic rings. The molecule has 1 amide bonds. The molecule has 2 atom stereocenters. The van der Waals surface area contributed by atoms with Gasteiger partial charge in [0, 0.05) is 30.3 Å². The normalized spacial score (nSPS) is 30.1. The van der Waals surface area contributed by atoms with Crippen molar-refractivity contribution >= 4 is 5.91 Å². The summed E-state index contributed by atoms with van der Waals surface area (Å²) in [5.41, 5.74) is 1.15. The van der Waals surface area contributed by atoms with Crippen molar-refractivity contribution < 1.29 is 9.18 Å². The topological polar surface area (TPSA) is 69.0 Å². The quantitative estimate of drug-likeness (QED) is 0.918. The molecule has 1 aliphatic heterocycles. The van der Waals surface area contributed by atoms with Crippen LogP contribution in [0, 0.1) is 11.3 Å². The molecule has 3 rings (SSSR count). The van der Waals surface area contributed by atoms with Gasteiger partial charge < -0.3 is 10.2 Å². The van der Waals surface area contributed by atoms with Crippen LogP contribution in [0.2, 0.25) is 0 Å². The van der Waals surface area contributed by atoms with Crippen molar-refractivity contribution in [2.75, 3.05) is 13.1 Å². The maximum atomic E-state index is 13.4. The smallest absolute Gasteiger partial charge is 0.237 e. The molecule has 0 aromatic carbocycles. The largest absolute Gasteiger partial charge is 0.323 e. The summed E-state index contributed by atoms with van der Waals surface area (Å²) < 4.78 is 13.4. The summed E-state index contributed by atoms with van der Waals surface area (Å²) in [5, 5.41) is 12.3. The summed E-state index contributed by atoms with van der Waals surface area (Å²) in [6, 6.07) is 7.73. The summed E-state index contributed by atoms with van der Waals surface area (Å²) in [5.74, 6) is 0.322. The highest BCUT2D eigenvalue weighted by Crippen LogP contribution is 2.31. The Labute approximate surface area is 141 Å². The van der Waals surface area contributed by atoms with Crippen LogP contribution in [0.15, 0.2) is 24.4 Å². The Balaban J connectivity index is 1.44. The van der Waals surface area contributed by atoms with Crippen molar-refractivity contribution in [2.24, 2.45) is 0 Å². The summed E-state index contributed by atoms with van der Waals surface area (Å²) in [6.07, 6.45) is 5.01. The van der Waals surface area contributed by atoms with Crippen LogP contribution in [0.4, 0.5) is 4.39 Å². The van der Waals surface area contributed by atoms with Gasteiger partial charge in [-0.2, -0.15) is 5.26 Å². The fraction of sp³-hybridized carbons (Fsp3) is 0.611. The van der Waals surface area contributed by atoms with Crippen LogP contribution in [-0.2, 0) is 4.79 Å². The number of hydrogen-bond donors (Lipinski definition) is 1. The summed E-state index contributed by atoms with van der Waals surface area (Å²) in [6.45, 7) is 0.231. The lowest BCUT2D eigenvalue weighted by Crippen LogP contribution is -2.44. The monoisotopic (exact) mass is 330 g/mol. The minimum Gasteiger partial charge on any atom is -0.323 e. The molecule has 128 valence electrons.